The molecule has 0 atom stereocenters. The summed E-state index contributed by atoms with van der Waals surface area (Å²) in [5, 5.41) is 12.9. The third-order valence-electron chi connectivity index (χ3n) is 4.72. The van der Waals surface area contributed by atoms with E-state index in [-0.39, 0.29) is 5.91 Å². The van der Waals surface area contributed by atoms with E-state index in [1.54, 1.807) is 37.5 Å². The van der Waals surface area contributed by atoms with Crippen molar-refractivity contribution in [2.45, 2.75) is 6.61 Å². The molecule has 8 heteroatoms. The summed E-state index contributed by atoms with van der Waals surface area (Å²) in [6, 6.07) is 22.0. The van der Waals surface area contributed by atoms with Crippen molar-refractivity contribution < 1.29 is 14.3 Å². The van der Waals surface area contributed by atoms with Gasteiger partial charge in [-0.05, 0) is 59.8 Å². The van der Waals surface area contributed by atoms with Crippen LogP contribution in [0, 0.1) is 11.3 Å². The van der Waals surface area contributed by atoms with Crippen LogP contribution in [0.1, 0.15) is 16.7 Å². The van der Waals surface area contributed by atoms with E-state index < -0.39 is 0 Å². The van der Waals surface area contributed by atoms with Crippen LogP contribution in [0.4, 0.5) is 5.69 Å². The van der Waals surface area contributed by atoms with Gasteiger partial charge in [0.15, 0.2) is 5.17 Å². The molecule has 1 aliphatic rings. The molecule has 164 valence electrons. The van der Waals surface area contributed by atoms with Gasteiger partial charge in [-0.25, -0.2) is 4.99 Å². The minimum Gasteiger partial charge on any atom is -0.494 e. The second-order valence-corrected chi connectivity index (χ2v) is 8.39. The Labute approximate surface area is 200 Å². The molecule has 1 heterocycles. The molecule has 6 nitrogen and oxygen atoms in total. The van der Waals surface area contributed by atoms with E-state index in [1.807, 2.05) is 42.5 Å². The molecule has 0 spiro atoms. The lowest BCUT2D eigenvalue weighted by molar-refractivity contribution is -0.115. The van der Waals surface area contributed by atoms with Gasteiger partial charge in [0.1, 0.15) is 23.8 Å². The summed E-state index contributed by atoms with van der Waals surface area (Å²) >= 11 is 7.29. The van der Waals surface area contributed by atoms with Crippen molar-refractivity contribution in [3.05, 3.63) is 93.3 Å². The van der Waals surface area contributed by atoms with E-state index in [0.29, 0.717) is 44.5 Å². The number of ether oxygens (including phenoxy) is 2. The van der Waals surface area contributed by atoms with E-state index >= 15 is 0 Å². The standard InChI is InChI=1S/C25H18ClN3O3S/c1-31-22-11-8-19(26)13-21(22)28-25-29-24(30)23(33-25)12-16-6-9-20(10-7-16)32-15-18-5-3-2-4-17(18)14-27/h2-13H,15H2,1H3,(H,28,29,30)/b23-12-. The maximum atomic E-state index is 12.4. The number of nitriles is 1. The summed E-state index contributed by atoms with van der Waals surface area (Å²) in [5.74, 6) is 1.00. The van der Waals surface area contributed by atoms with Crippen molar-refractivity contribution in [2.24, 2.45) is 4.99 Å². The molecule has 0 unspecified atom stereocenters. The Morgan fingerprint density at radius 2 is 1.94 bits per heavy atom. The number of hydrogen-bond donors (Lipinski definition) is 1. The molecule has 0 radical (unpaired) electrons. The molecule has 3 aromatic carbocycles. The van der Waals surface area contributed by atoms with Gasteiger partial charge >= 0.3 is 0 Å². The molecule has 1 N–H and O–H groups in total. The van der Waals surface area contributed by atoms with Crippen LogP contribution in [0.3, 0.4) is 0 Å². The molecule has 1 amide bonds. The third-order valence-corrected chi connectivity index (χ3v) is 5.87. The highest BCUT2D eigenvalue weighted by Gasteiger charge is 2.24. The summed E-state index contributed by atoms with van der Waals surface area (Å²) < 4.78 is 11.1. The highest BCUT2D eigenvalue weighted by atomic mass is 35.5. The first-order valence-electron chi connectivity index (χ1n) is 9.90. The molecular formula is C25H18ClN3O3S. The zero-order valence-electron chi connectivity index (χ0n) is 17.5. The number of amidine groups is 1. The van der Waals surface area contributed by atoms with Crippen molar-refractivity contribution in [1.29, 1.82) is 5.26 Å². The van der Waals surface area contributed by atoms with Crippen molar-refractivity contribution in [3.8, 4) is 17.6 Å². The minimum absolute atomic E-state index is 0.229. The van der Waals surface area contributed by atoms with E-state index in [9.17, 15) is 10.1 Å². The predicted molar refractivity (Wildman–Crippen MR) is 131 cm³/mol. The Morgan fingerprint density at radius 3 is 2.70 bits per heavy atom. The van der Waals surface area contributed by atoms with Crippen LogP contribution in [-0.4, -0.2) is 18.2 Å². The lowest BCUT2D eigenvalue weighted by Crippen LogP contribution is -2.19. The SMILES string of the molecule is COc1ccc(Cl)cc1N=C1NC(=O)/C(=C/c2ccc(OCc3ccccc3C#N)cc2)S1. The molecule has 0 saturated carbocycles. The molecular weight excluding hydrogens is 458 g/mol. The summed E-state index contributed by atoms with van der Waals surface area (Å²) in [5.41, 5.74) is 2.80. The van der Waals surface area contributed by atoms with Gasteiger partial charge in [0.05, 0.1) is 23.6 Å². The van der Waals surface area contributed by atoms with Crippen LogP contribution in [0.25, 0.3) is 6.08 Å². The number of rotatable bonds is 6. The van der Waals surface area contributed by atoms with Gasteiger partial charge in [-0.3, -0.25) is 4.79 Å². The Balaban J connectivity index is 1.44. The minimum atomic E-state index is -0.229. The second-order valence-electron chi connectivity index (χ2n) is 6.92. The van der Waals surface area contributed by atoms with Crippen molar-refractivity contribution in [2.75, 3.05) is 7.11 Å². The average Bonchev–Trinajstić information content (AvgIpc) is 3.17. The molecule has 0 aliphatic carbocycles. The van der Waals surface area contributed by atoms with Crippen molar-refractivity contribution >= 4 is 46.2 Å². The largest absolute Gasteiger partial charge is 0.494 e. The number of amides is 1. The number of halogens is 1. The molecule has 1 saturated heterocycles. The van der Waals surface area contributed by atoms with E-state index in [4.69, 9.17) is 21.1 Å². The zero-order valence-corrected chi connectivity index (χ0v) is 19.1. The van der Waals surface area contributed by atoms with Gasteiger partial charge in [0, 0.05) is 10.6 Å². The second kappa shape index (κ2) is 10.3. The number of hydrogen-bond acceptors (Lipinski definition) is 6. The molecule has 1 fully saturated rings. The van der Waals surface area contributed by atoms with E-state index in [0.717, 1.165) is 11.1 Å². The fraction of sp³-hybridized carbons (Fsp3) is 0.0800. The van der Waals surface area contributed by atoms with Crippen LogP contribution in [0.15, 0.2) is 76.6 Å². The molecule has 3 aromatic rings. The Morgan fingerprint density at radius 1 is 1.15 bits per heavy atom. The average molecular weight is 476 g/mol. The van der Waals surface area contributed by atoms with Gasteiger partial charge in [0.2, 0.25) is 0 Å². The summed E-state index contributed by atoms with van der Waals surface area (Å²) in [6.07, 6.45) is 1.78. The molecule has 0 aromatic heterocycles. The number of benzene rings is 3. The Hall–Kier alpha value is -3.73. The first-order valence-corrected chi connectivity index (χ1v) is 11.1. The van der Waals surface area contributed by atoms with Gasteiger partial charge in [-0.2, -0.15) is 5.26 Å². The number of nitrogens with one attached hydrogen (secondary N) is 1. The van der Waals surface area contributed by atoms with Gasteiger partial charge in [-0.1, -0.05) is 41.9 Å². The predicted octanol–water partition coefficient (Wildman–Crippen LogP) is 5.69. The van der Waals surface area contributed by atoms with Crippen LogP contribution < -0.4 is 14.8 Å². The van der Waals surface area contributed by atoms with Crippen LogP contribution in [-0.2, 0) is 11.4 Å². The first kappa shape index (κ1) is 22.5. The smallest absolute Gasteiger partial charge is 0.264 e. The lowest BCUT2D eigenvalue weighted by Gasteiger charge is -2.08. The number of carbonyl (C=O) groups is 1. The van der Waals surface area contributed by atoms with Crippen molar-refractivity contribution in [1.82, 2.24) is 5.32 Å². The number of nitrogens with zero attached hydrogens (tertiary/aromatic N) is 2. The normalized spacial score (nSPS) is 15.4. The Bertz CT molecular complexity index is 1300. The fourth-order valence-corrected chi connectivity index (χ4v) is 4.07. The topological polar surface area (TPSA) is 83.7 Å². The number of thioether (sulfide) groups is 1. The van der Waals surface area contributed by atoms with Crippen molar-refractivity contribution in [3.63, 3.8) is 0 Å². The lowest BCUT2D eigenvalue weighted by atomic mass is 10.1. The molecule has 1 aliphatic heterocycles. The summed E-state index contributed by atoms with van der Waals surface area (Å²) in [4.78, 5) is 17.4. The highest BCUT2D eigenvalue weighted by Crippen LogP contribution is 2.34. The molecule has 33 heavy (non-hydrogen) atoms. The molecule has 4 rings (SSSR count). The zero-order chi connectivity index (χ0) is 23.2. The fourth-order valence-electron chi connectivity index (χ4n) is 3.07. The van der Waals surface area contributed by atoms with Gasteiger partial charge < -0.3 is 14.8 Å². The quantitative estimate of drug-likeness (QED) is 0.463. The van der Waals surface area contributed by atoms with E-state index in [2.05, 4.69) is 16.4 Å². The van der Waals surface area contributed by atoms with Crippen LogP contribution in [0.5, 0.6) is 11.5 Å². The Kier molecular flexibility index (Phi) is 6.98. The van der Waals surface area contributed by atoms with E-state index in [1.165, 1.54) is 11.8 Å². The highest BCUT2D eigenvalue weighted by molar-refractivity contribution is 8.18. The number of aliphatic imine (C=N–C) groups is 1. The monoisotopic (exact) mass is 475 g/mol. The maximum absolute atomic E-state index is 12.4. The number of methoxy groups -OCH3 is 1. The van der Waals surface area contributed by atoms with Gasteiger partial charge in [0.25, 0.3) is 5.91 Å². The summed E-state index contributed by atoms with van der Waals surface area (Å²) in [7, 11) is 1.55. The first-order chi connectivity index (χ1) is 16.1. The van der Waals surface area contributed by atoms with Crippen LogP contribution in [0.2, 0.25) is 5.02 Å². The molecule has 0 bridgehead atoms. The maximum Gasteiger partial charge on any atom is 0.264 e. The van der Waals surface area contributed by atoms with Crippen LogP contribution >= 0.6 is 23.4 Å². The number of carbonyl (C=O) groups excluding carboxylic acids is 1. The third kappa shape index (κ3) is 5.55. The summed E-state index contributed by atoms with van der Waals surface area (Å²) in [6.45, 7) is 0.301. The van der Waals surface area contributed by atoms with Gasteiger partial charge in [-0.15, -0.1) is 0 Å².